The van der Waals surface area contributed by atoms with Crippen LogP contribution in [0.3, 0.4) is 0 Å². The zero-order valence-corrected chi connectivity index (χ0v) is 21.0. The predicted molar refractivity (Wildman–Crippen MR) is 133 cm³/mol. The zero-order valence-electron chi connectivity index (χ0n) is 20.2. The second-order valence-electron chi connectivity index (χ2n) is 7.98. The number of aliphatic hydroxyl groups excluding tert-OH is 2. The van der Waals surface area contributed by atoms with Crippen molar-refractivity contribution in [1.29, 1.82) is 0 Å². The van der Waals surface area contributed by atoms with Crippen molar-refractivity contribution >= 4 is 23.4 Å². The van der Waals surface area contributed by atoms with Crippen molar-refractivity contribution in [2.24, 2.45) is 0 Å². The van der Waals surface area contributed by atoms with Crippen molar-refractivity contribution in [1.82, 2.24) is 15.1 Å². The van der Waals surface area contributed by atoms with Gasteiger partial charge in [-0.1, -0.05) is 48.2 Å². The van der Waals surface area contributed by atoms with Crippen molar-refractivity contribution in [3.63, 3.8) is 0 Å². The van der Waals surface area contributed by atoms with Gasteiger partial charge in [0.1, 0.15) is 0 Å². The number of nitrogens with one attached hydrogen (secondary N) is 1. The van der Waals surface area contributed by atoms with Crippen molar-refractivity contribution in [3.8, 4) is 0 Å². The van der Waals surface area contributed by atoms with E-state index >= 15 is 0 Å². The van der Waals surface area contributed by atoms with Gasteiger partial charge in [0, 0.05) is 17.9 Å². The van der Waals surface area contributed by atoms with Gasteiger partial charge in [-0.15, -0.1) is 0 Å². The van der Waals surface area contributed by atoms with E-state index < -0.39 is 24.3 Å². The minimum atomic E-state index is -4.42. The van der Waals surface area contributed by atoms with Gasteiger partial charge >= 0.3 is 6.18 Å². The SMILES string of the molecule is C=C(Cc1cccc(C(F)(F)F)c1)SC(=C(C)C)/C(=C\C)n1nc(C)c(C(=O)NCCO)c1CO. The molecule has 35 heavy (non-hydrogen) atoms. The largest absolute Gasteiger partial charge is 0.416 e. The molecular weight excluding hydrogens is 479 g/mol. The summed E-state index contributed by atoms with van der Waals surface area (Å²) >= 11 is 1.30. The van der Waals surface area contributed by atoms with E-state index in [9.17, 15) is 23.1 Å². The van der Waals surface area contributed by atoms with Gasteiger partial charge < -0.3 is 15.5 Å². The third-order valence-electron chi connectivity index (χ3n) is 5.02. The predicted octanol–water partition coefficient (Wildman–Crippen LogP) is 5.07. The summed E-state index contributed by atoms with van der Waals surface area (Å²) < 4.78 is 40.7. The van der Waals surface area contributed by atoms with Crippen LogP contribution in [0.1, 0.15) is 53.6 Å². The Morgan fingerprint density at radius 3 is 2.51 bits per heavy atom. The molecule has 3 N–H and O–H groups in total. The Morgan fingerprint density at radius 2 is 1.97 bits per heavy atom. The van der Waals surface area contributed by atoms with Crippen LogP contribution < -0.4 is 5.32 Å². The number of hydrogen-bond donors (Lipinski definition) is 3. The molecule has 190 valence electrons. The average Bonchev–Trinajstić information content (AvgIpc) is 3.12. The molecule has 1 amide bonds. The molecule has 1 heterocycles. The first-order valence-electron chi connectivity index (χ1n) is 10.9. The molecule has 0 spiro atoms. The minimum absolute atomic E-state index is 0.0647. The molecule has 0 saturated carbocycles. The Hall–Kier alpha value is -2.82. The number of halogens is 3. The summed E-state index contributed by atoms with van der Waals surface area (Å²) in [6, 6.07) is 5.14. The van der Waals surface area contributed by atoms with Gasteiger partial charge in [-0.25, -0.2) is 4.68 Å². The molecule has 0 radical (unpaired) electrons. The van der Waals surface area contributed by atoms with E-state index in [1.165, 1.54) is 22.5 Å². The maximum absolute atomic E-state index is 13.1. The first-order chi connectivity index (χ1) is 16.4. The molecule has 0 fully saturated rings. The Balaban J connectivity index is 2.37. The van der Waals surface area contributed by atoms with Crippen molar-refractivity contribution < 1.29 is 28.2 Å². The normalized spacial score (nSPS) is 12.0. The molecule has 0 atom stereocenters. The van der Waals surface area contributed by atoms with Gasteiger partial charge in [-0.2, -0.15) is 18.3 Å². The molecular formula is C25H30F3N3O3S. The lowest BCUT2D eigenvalue weighted by Gasteiger charge is -2.18. The van der Waals surface area contributed by atoms with Crippen LogP contribution in [0.5, 0.6) is 0 Å². The van der Waals surface area contributed by atoms with E-state index in [0.717, 1.165) is 22.6 Å². The highest BCUT2D eigenvalue weighted by molar-refractivity contribution is 8.07. The van der Waals surface area contributed by atoms with Crippen molar-refractivity contribution in [3.05, 3.63) is 80.4 Å². The Bertz CT molecular complexity index is 1150. The van der Waals surface area contributed by atoms with Crippen LogP contribution in [0.15, 0.2) is 52.3 Å². The lowest BCUT2D eigenvalue weighted by Crippen LogP contribution is -2.27. The Morgan fingerprint density at radius 1 is 1.29 bits per heavy atom. The quantitative estimate of drug-likeness (QED) is 0.390. The van der Waals surface area contributed by atoms with Crippen molar-refractivity contribution in [2.75, 3.05) is 13.2 Å². The number of amides is 1. The summed E-state index contributed by atoms with van der Waals surface area (Å²) in [6.07, 6.45) is -2.41. The highest BCUT2D eigenvalue weighted by Crippen LogP contribution is 2.38. The van der Waals surface area contributed by atoms with Crippen LogP contribution in [0.25, 0.3) is 5.70 Å². The summed E-state index contributed by atoms with van der Waals surface area (Å²) in [5, 5.41) is 26.1. The maximum atomic E-state index is 13.1. The van der Waals surface area contributed by atoms with Gasteiger partial charge in [-0.3, -0.25) is 4.79 Å². The molecule has 0 aliphatic heterocycles. The van der Waals surface area contributed by atoms with Gasteiger partial charge in [0.25, 0.3) is 5.91 Å². The molecule has 1 aromatic carbocycles. The number of thioether (sulfide) groups is 1. The fourth-order valence-corrected chi connectivity index (χ4v) is 4.54. The molecule has 0 unspecified atom stereocenters. The summed E-state index contributed by atoms with van der Waals surface area (Å²) in [5.74, 6) is -0.456. The number of aryl methyl sites for hydroxylation is 1. The van der Waals surface area contributed by atoms with Crippen LogP contribution >= 0.6 is 11.8 Å². The summed E-state index contributed by atoms with van der Waals surface area (Å²) in [7, 11) is 0. The van der Waals surface area contributed by atoms with Gasteiger partial charge in [-0.05, 0) is 44.2 Å². The number of rotatable bonds is 10. The van der Waals surface area contributed by atoms with Gasteiger partial charge in [0.05, 0.1) is 41.4 Å². The van der Waals surface area contributed by atoms with Gasteiger partial charge in [0.15, 0.2) is 0 Å². The highest BCUT2D eigenvalue weighted by atomic mass is 32.2. The molecule has 0 saturated heterocycles. The summed E-state index contributed by atoms with van der Waals surface area (Å²) in [6.45, 7) is 10.7. The van der Waals surface area contributed by atoms with Gasteiger partial charge in [0.2, 0.25) is 0 Å². The zero-order chi connectivity index (χ0) is 26.3. The summed E-state index contributed by atoms with van der Waals surface area (Å²) in [4.78, 5) is 14.0. The third kappa shape index (κ3) is 7.09. The average molecular weight is 510 g/mol. The smallest absolute Gasteiger partial charge is 0.395 e. The van der Waals surface area contributed by atoms with E-state index in [1.54, 1.807) is 26.0 Å². The molecule has 6 nitrogen and oxygen atoms in total. The van der Waals surface area contributed by atoms with Crippen molar-refractivity contribution in [2.45, 2.75) is 46.9 Å². The molecule has 0 bridgehead atoms. The Kier molecular flexibility index (Phi) is 9.93. The number of aromatic nitrogens is 2. The number of benzene rings is 1. The number of nitrogens with zero attached hydrogens (tertiary/aromatic N) is 2. The van der Waals surface area contributed by atoms with E-state index in [1.807, 2.05) is 13.8 Å². The number of allylic oxidation sites excluding steroid dienone is 4. The topological polar surface area (TPSA) is 87.4 Å². The first-order valence-corrected chi connectivity index (χ1v) is 11.7. The van der Waals surface area contributed by atoms with Crippen LogP contribution in [-0.4, -0.2) is 39.1 Å². The number of alkyl halides is 3. The minimum Gasteiger partial charge on any atom is -0.395 e. The molecule has 0 aliphatic carbocycles. The maximum Gasteiger partial charge on any atom is 0.416 e. The third-order valence-corrected chi connectivity index (χ3v) is 6.28. The monoisotopic (exact) mass is 509 g/mol. The molecule has 2 aromatic rings. The van der Waals surface area contributed by atoms with E-state index in [4.69, 9.17) is 5.11 Å². The van der Waals surface area contributed by atoms with Crippen LogP contribution in [0.4, 0.5) is 13.2 Å². The fraction of sp³-hybridized carbons (Fsp3) is 0.360. The Labute approximate surface area is 207 Å². The molecule has 1 aromatic heterocycles. The second kappa shape index (κ2) is 12.2. The molecule has 10 heteroatoms. The van der Waals surface area contributed by atoms with Crippen LogP contribution in [0, 0.1) is 6.92 Å². The summed E-state index contributed by atoms with van der Waals surface area (Å²) in [5.41, 5.74) is 2.20. The molecule has 2 rings (SSSR count). The second-order valence-corrected chi connectivity index (χ2v) is 9.16. The number of carbonyl (C=O) groups excluding carboxylic acids is 1. The van der Waals surface area contributed by atoms with E-state index in [2.05, 4.69) is 17.0 Å². The number of hydrogen-bond acceptors (Lipinski definition) is 5. The number of carbonyl (C=O) groups is 1. The molecule has 0 aliphatic rings. The van der Waals surface area contributed by atoms with E-state index in [-0.39, 0.29) is 30.8 Å². The van der Waals surface area contributed by atoms with E-state index in [0.29, 0.717) is 21.9 Å². The van der Waals surface area contributed by atoms with Crippen LogP contribution in [0.2, 0.25) is 0 Å². The first kappa shape index (κ1) is 28.4. The lowest BCUT2D eigenvalue weighted by atomic mass is 10.1. The number of aliphatic hydroxyl groups is 2. The lowest BCUT2D eigenvalue weighted by molar-refractivity contribution is -0.137. The van der Waals surface area contributed by atoms with Crippen LogP contribution in [-0.2, 0) is 19.2 Å². The fourth-order valence-electron chi connectivity index (χ4n) is 3.50. The highest BCUT2D eigenvalue weighted by Gasteiger charge is 2.30. The standard InChI is InChI=1S/C25H30F3N3O3S/c1-6-20(31-21(14-33)22(17(5)30-31)24(34)29-10-11-32)23(15(2)3)35-16(4)12-18-8-7-9-19(13-18)25(26,27)28/h6-9,13,32-33H,4,10-12,14H2,1-3,5H3,(H,29,34)/b20-6+.